The van der Waals surface area contributed by atoms with Gasteiger partial charge in [0.25, 0.3) is 5.56 Å². The Labute approximate surface area is 188 Å². The maximum atomic E-state index is 14.1. The van der Waals surface area contributed by atoms with Crippen LogP contribution in [-0.4, -0.2) is 14.1 Å². The summed E-state index contributed by atoms with van der Waals surface area (Å²) in [6.07, 6.45) is 3.28. The number of nitrogens with zero attached hydrogens (tertiary/aromatic N) is 3. The fourth-order valence-electron chi connectivity index (χ4n) is 4.00. The minimum atomic E-state index is -0.367. The van der Waals surface area contributed by atoms with Gasteiger partial charge >= 0.3 is 0 Å². The predicted octanol–water partition coefficient (Wildman–Crippen LogP) is 5.88. The van der Waals surface area contributed by atoms with Gasteiger partial charge in [-0.1, -0.05) is 66.7 Å². The van der Waals surface area contributed by atoms with Gasteiger partial charge in [-0.05, 0) is 41.0 Å². The normalized spacial score (nSPS) is 11.3. The van der Waals surface area contributed by atoms with Crippen molar-refractivity contribution in [2.24, 2.45) is 0 Å². The van der Waals surface area contributed by atoms with Crippen LogP contribution >= 0.6 is 11.6 Å². The Bertz CT molecular complexity index is 1530. The Morgan fingerprint density at radius 2 is 1.81 bits per heavy atom. The Kier molecular flexibility index (Phi) is 5.11. The first-order chi connectivity index (χ1) is 15.5. The van der Waals surface area contributed by atoms with E-state index in [0.717, 1.165) is 22.2 Å². The molecule has 6 heteroatoms. The van der Waals surface area contributed by atoms with E-state index in [1.165, 1.54) is 23.0 Å². The van der Waals surface area contributed by atoms with Gasteiger partial charge in [0.1, 0.15) is 16.9 Å². The molecule has 158 valence electrons. The molecule has 0 N–H and O–H groups in total. The lowest BCUT2D eigenvalue weighted by Gasteiger charge is -2.10. The van der Waals surface area contributed by atoms with Gasteiger partial charge in [0, 0.05) is 17.0 Å². The van der Waals surface area contributed by atoms with Crippen molar-refractivity contribution >= 4 is 39.6 Å². The number of fused-ring (bicyclic) bond motifs is 3. The van der Waals surface area contributed by atoms with E-state index >= 15 is 0 Å². The second-order valence-corrected chi connectivity index (χ2v) is 8.07. The maximum absolute atomic E-state index is 14.1. The van der Waals surface area contributed by atoms with Crippen LogP contribution in [0.25, 0.3) is 28.0 Å². The molecule has 5 aromatic rings. The Hall–Kier alpha value is -3.70. The van der Waals surface area contributed by atoms with E-state index in [4.69, 9.17) is 11.6 Å². The molecule has 0 unspecified atom stereocenters. The summed E-state index contributed by atoms with van der Waals surface area (Å²) in [6, 6.07) is 19.9. The molecule has 4 nitrogen and oxygen atoms in total. The number of aromatic nitrogens is 3. The number of halogens is 2. The SMILES string of the molecule is C=Cc1ccc(Cn2c3ccc(F)cc3c3ncn(Cc4ccccc4Cl)c(=O)c32)cc1. The van der Waals surface area contributed by atoms with Crippen molar-refractivity contribution in [3.8, 4) is 0 Å². The van der Waals surface area contributed by atoms with Crippen LogP contribution in [0.4, 0.5) is 4.39 Å². The summed E-state index contributed by atoms with van der Waals surface area (Å²) in [4.78, 5) is 18.1. The molecule has 0 spiro atoms. The molecule has 0 aliphatic heterocycles. The van der Waals surface area contributed by atoms with E-state index in [-0.39, 0.29) is 11.4 Å². The first-order valence-corrected chi connectivity index (χ1v) is 10.5. The summed E-state index contributed by atoms with van der Waals surface area (Å²) in [5.41, 5.74) is 4.34. The Balaban J connectivity index is 1.71. The van der Waals surface area contributed by atoms with Crippen molar-refractivity contribution in [2.45, 2.75) is 13.1 Å². The molecule has 0 saturated carbocycles. The largest absolute Gasteiger partial charge is 0.330 e. The van der Waals surface area contributed by atoms with E-state index in [0.29, 0.717) is 34.5 Å². The summed E-state index contributed by atoms with van der Waals surface area (Å²) < 4.78 is 17.5. The number of rotatable bonds is 5. The van der Waals surface area contributed by atoms with E-state index in [9.17, 15) is 9.18 Å². The number of hydrogen-bond acceptors (Lipinski definition) is 2. The zero-order valence-corrected chi connectivity index (χ0v) is 17.9. The first-order valence-electron chi connectivity index (χ1n) is 10.2. The van der Waals surface area contributed by atoms with E-state index < -0.39 is 0 Å². The second-order valence-electron chi connectivity index (χ2n) is 7.66. The highest BCUT2D eigenvalue weighted by atomic mass is 35.5. The summed E-state index contributed by atoms with van der Waals surface area (Å²) in [5.74, 6) is -0.367. The van der Waals surface area contributed by atoms with Crippen molar-refractivity contribution < 1.29 is 4.39 Å². The average Bonchev–Trinajstić information content (AvgIpc) is 3.11. The highest BCUT2D eigenvalue weighted by Crippen LogP contribution is 2.27. The number of benzene rings is 3. The molecule has 32 heavy (non-hydrogen) atoms. The van der Waals surface area contributed by atoms with E-state index in [1.54, 1.807) is 18.2 Å². The molecule has 0 aliphatic carbocycles. The summed E-state index contributed by atoms with van der Waals surface area (Å²) in [5, 5.41) is 1.20. The van der Waals surface area contributed by atoms with Crippen molar-refractivity contribution in [1.82, 2.24) is 14.1 Å². The van der Waals surface area contributed by atoms with Crippen molar-refractivity contribution in [3.05, 3.63) is 118 Å². The van der Waals surface area contributed by atoms with Crippen LogP contribution in [0.5, 0.6) is 0 Å². The highest BCUT2D eigenvalue weighted by Gasteiger charge is 2.18. The fraction of sp³-hybridized carbons (Fsp3) is 0.0769. The van der Waals surface area contributed by atoms with Gasteiger partial charge in [-0.2, -0.15) is 0 Å². The maximum Gasteiger partial charge on any atom is 0.278 e. The molecule has 0 bridgehead atoms. The van der Waals surface area contributed by atoms with Crippen LogP contribution in [0.2, 0.25) is 5.02 Å². The lowest BCUT2D eigenvalue weighted by Crippen LogP contribution is -2.23. The van der Waals surface area contributed by atoms with Gasteiger partial charge < -0.3 is 4.57 Å². The van der Waals surface area contributed by atoms with Gasteiger partial charge in [-0.25, -0.2) is 9.37 Å². The van der Waals surface area contributed by atoms with Gasteiger partial charge in [-0.15, -0.1) is 0 Å². The third-order valence-electron chi connectivity index (χ3n) is 5.64. The zero-order valence-electron chi connectivity index (χ0n) is 17.1. The molecule has 3 aromatic carbocycles. The van der Waals surface area contributed by atoms with Crippen LogP contribution in [0.3, 0.4) is 0 Å². The van der Waals surface area contributed by atoms with Crippen LogP contribution in [-0.2, 0) is 13.1 Å². The fourth-order valence-corrected chi connectivity index (χ4v) is 4.20. The summed E-state index contributed by atoms with van der Waals surface area (Å²) in [7, 11) is 0. The molecular formula is C26H19ClFN3O. The minimum Gasteiger partial charge on any atom is -0.330 e. The Morgan fingerprint density at radius 3 is 2.56 bits per heavy atom. The van der Waals surface area contributed by atoms with Crippen LogP contribution in [0, 0.1) is 5.82 Å². The molecule has 0 fully saturated rings. The van der Waals surface area contributed by atoms with Crippen LogP contribution in [0.1, 0.15) is 16.7 Å². The Morgan fingerprint density at radius 1 is 1.03 bits per heavy atom. The van der Waals surface area contributed by atoms with Crippen molar-refractivity contribution in [2.75, 3.05) is 0 Å². The molecule has 2 heterocycles. The predicted molar refractivity (Wildman–Crippen MR) is 128 cm³/mol. The summed E-state index contributed by atoms with van der Waals surface area (Å²) in [6.45, 7) is 4.54. The lowest BCUT2D eigenvalue weighted by molar-refractivity contribution is 0.629. The standard InChI is InChI=1S/C26H19ClFN3O/c1-2-17-7-9-18(10-8-17)14-31-23-12-11-20(28)13-21(23)24-25(31)26(32)30(16-29-24)15-19-5-3-4-6-22(19)27/h2-13,16H,1,14-15H2. The van der Waals surface area contributed by atoms with Gasteiger partial charge in [0.05, 0.1) is 18.4 Å². The van der Waals surface area contributed by atoms with Gasteiger partial charge in [-0.3, -0.25) is 9.36 Å². The van der Waals surface area contributed by atoms with Crippen molar-refractivity contribution in [1.29, 1.82) is 0 Å². The highest BCUT2D eigenvalue weighted by molar-refractivity contribution is 6.31. The molecule has 0 amide bonds. The quantitative estimate of drug-likeness (QED) is 0.340. The number of hydrogen-bond donors (Lipinski definition) is 0. The van der Waals surface area contributed by atoms with E-state index in [2.05, 4.69) is 11.6 Å². The van der Waals surface area contributed by atoms with Crippen LogP contribution < -0.4 is 5.56 Å². The average molecular weight is 444 g/mol. The smallest absolute Gasteiger partial charge is 0.278 e. The lowest BCUT2D eigenvalue weighted by atomic mass is 10.1. The molecule has 5 rings (SSSR count). The van der Waals surface area contributed by atoms with Gasteiger partial charge in [0.15, 0.2) is 0 Å². The third-order valence-corrected chi connectivity index (χ3v) is 6.01. The molecule has 0 radical (unpaired) electrons. The minimum absolute atomic E-state index is 0.200. The van der Waals surface area contributed by atoms with Crippen LogP contribution in [0.15, 0.2) is 84.4 Å². The van der Waals surface area contributed by atoms with Crippen molar-refractivity contribution in [3.63, 3.8) is 0 Å². The third kappa shape index (κ3) is 3.51. The molecule has 0 atom stereocenters. The van der Waals surface area contributed by atoms with Gasteiger partial charge in [0.2, 0.25) is 0 Å². The van der Waals surface area contributed by atoms with E-state index in [1.807, 2.05) is 47.0 Å². The molecular weight excluding hydrogens is 425 g/mol. The zero-order chi connectivity index (χ0) is 22.2. The topological polar surface area (TPSA) is 39.8 Å². The molecule has 0 saturated heterocycles. The second kappa shape index (κ2) is 8.09. The molecule has 2 aromatic heterocycles. The monoisotopic (exact) mass is 443 g/mol. The summed E-state index contributed by atoms with van der Waals surface area (Å²) >= 11 is 6.30. The first kappa shape index (κ1) is 20.2. The molecule has 0 aliphatic rings.